The molecule has 2 rings (SSSR count). The average Bonchev–Trinajstić information content (AvgIpc) is 2.54. The van der Waals surface area contributed by atoms with E-state index in [1.54, 1.807) is 24.1 Å². The molecule has 0 fully saturated rings. The summed E-state index contributed by atoms with van der Waals surface area (Å²) in [5.74, 6) is 0.391. The lowest BCUT2D eigenvalue weighted by Gasteiger charge is -2.19. The number of ether oxygens (including phenoxy) is 1. The number of nitrogens with zero attached hydrogens (tertiary/aromatic N) is 2. The maximum Gasteiger partial charge on any atom is 0.260 e. The zero-order valence-corrected chi connectivity index (χ0v) is 16.3. The van der Waals surface area contributed by atoms with Gasteiger partial charge in [0.05, 0.1) is 5.02 Å². The van der Waals surface area contributed by atoms with Gasteiger partial charge in [-0.05, 0) is 35.9 Å². The first-order valence-electron chi connectivity index (χ1n) is 7.45. The number of benzene rings is 2. The van der Waals surface area contributed by atoms with Crippen LogP contribution in [0.1, 0.15) is 5.56 Å². The Bertz CT molecular complexity index is 705. The topological polar surface area (TPSA) is 32.8 Å². The van der Waals surface area contributed by atoms with Gasteiger partial charge in [0.25, 0.3) is 5.91 Å². The van der Waals surface area contributed by atoms with Gasteiger partial charge in [-0.3, -0.25) is 4.79 Å². The number of amides is 1. The minimum atomic E-state index is -0.106. The molecule has 0 aliphatic heterocycles. The molecule has 0 saturated carbocycles. The van der Waals surface area contributed by atoms with Crippen molar-refractivity contribution in [2.24, 2.45) is 0 Å². The molecule has 0 aliphatic rings. The standard InChI is InChI=1S/C18H20BrClN2O2/c1-21(2)15-7-4-13(5-8-15)11-22(3)18(23)12-24-17-9-6-14(19)10-16(17)20/h4-10H,11-12H2,1-3H3. The molecule has 2 aromatic rings. The van der Waals surface area contributed by atoms with Crippen LogP contribution in [-0.4, -0.2) is 38.6 Å². The molecule has 128 valence electrons. The summed E-state index contributed by atoms with van der Waals surface area (Å²) in [4.78, 5) is 15.9. The fourth-order valence-electron chi connectivity index (χ4n) is 2.10. The highest BCUT2D eigenvalue weighted by Crippen LogP contribution is 2.27. The fourth-order valence-corrected chi connectivity index (χ4v) is 2.83. The van der Waals surface area contributed by atoms with Crippen LogP contribution in [0.15, 0.2) is 46.9 Å². The average molecular weight is 412 g/mol. The van der Waals surface area contributed by atoms with Crippen molar-refractivity contribution in [3.63, 3.8) is 0 Å². The molecule has 0 atom stereocenters. The largest absolute Gasteiger partial charge is 0.482 e. The van der Waals surface area contributed by atoms with Crippen molar-refractivity contribution in [3.8, 4) is 5.75 Å². The number of carbonyl (C=O) groups is 1. The summed E-state index contributed by atoms with van der Waals surface area (Å²) in [7, 11) is 5.75. The van der Waals surface area contributed by atoms with Crippen molar-refractivity contribution in [2.75, 3.05) is 32.6 Å². The zero-order valence-electron chi connectivity index (χ0n) is 13.9. The van der Waals surface area contributed by atoms with Gasteiger partial charge in [0.15, 0.2) is 6.61 Å². The van der Waals surface area contributed by atoms with Gasteiger partial charge in [-0.25, -0.2) is 0 Å². The Balaban J connectivity index is 1.89. The van der Waals surface area contributed by atoms with Gasteiger partial charge in [0.2, 0.25) is 0 Å². The van der Waals surface area contributed by atoms with Gasteiger partial charge in [-0.15, -0.1) is 0 Å². The lowest BCUT2D eigenvalue weighted by atomic mass is 10.2. The van der Waals surface area contributed by atoms with Crippen LogP contribution in [0.4, 0.5) is 5.69 Å². The van der Waals surface area contributed by atoms with E-state index in [1.807, 2.05) is 49.3 Å². The van der Waals surface area contributed by atoms with Crippen LogP contribution in [0.3, 0.4) is 0 Å². The summed E-state index contributed by atoms with van der Waals surface area (Å²) < 4.78 is 6.38. The van der Waals surface area contributed by atoms with Gasteiger partial charge >= 0.3 is 0 Å². The molecule has 0 aliphatic carbocycles. The molecule has 0 spiro atoms. The summed E-state index contributed by atoms with van der Waals surface area (Å²) in [6.07, 6.45) is 0. The van der Waals surface area contributed by atoms with Gasteiger partial charge in [-0.2, -0.15) is 0 Å². The van der Waals surface area contributed by atoms with Crippen LogP contribution in [-0.2, 0) is 11.3 Å². The molecule has 0 radical (unpaired) electrons. The molecule has 0 saturated heterocycles. The van der Waals surface area contributed by atoms with Crippen molar-refractivity contribution < 1.29 is 9.53 Å². The number of hydrogen-bond donors (Lipinski definition) is 0. The quantitative estimate of drug-likeness (QED) is 0.714. The van der Waals surface area contributed by atoms with Crippen LogP contribution in [0.25, 0.3) is 0 Å². The monoisotopic (exact) mass is 410 g/mol. The Morgan fingerprint density at radius 3 is 2.38 bits per heavy atom. The molecule has 0 aromatic heterocycles. The summed E-state index contributed by atoms with van der Waals surface area (Å²) in [6, 6.07) is 13.4. The lowest BCUT2D eigenvalue weighted by Crippen LogP contribution is -2.31. The molecule has 0 heterocycles. The highest BCUT2D eigenvalue weighted by molar-refractivity contribution is 9.10. The van der Waals surface area contributed by atoms with Crippen molar-refractivity contribution in [2.45, 2.75) is 6.54 Å². The van der Waals surface area contributed by atoms with Crippen molar-refractivity contribution in [1.82, 2.24) is 4.90 Å². The minimum absolute atomic E-state index is 0.0480. The summed E-state index contributed by atoms with van der Waals surface area (Å²) in [5, 5.41) is 0.471. The number of carbonyl (C=O) groups excluding carboxylic acids is 1. The molecule has 4 nitrogen and oxygen atoms in total. The van der Waals surface area contributed by atoms with Crippen LogP contribution in [0.5, 0.6) is 5.75 Å². The van der Waals surface area contributed by atoms with E-state index in [0.717, 1.165) is 15.7 Å². The van der Waals surface area contributed by atoms with E-state index < -0.39 is 0 Å². The number of halogens is 2. The molecule has 0 bridgehead atoms. The maximum atomic E-state index is 12.2. The van der Waals surface area contributed by atoms with Crippen molar-refractivity contribution in [1.29, 1.82) is 0 Å². The first-order valence-corrected chi connectivity index (χ1v) is 8.62. The predicted octanol–water partition coefficient (Wildman–Crippen LogP) is 4.21. The highest BCUT2D eigenvalue weighted by atomic mass is 79.9. The molecular weight excluding hydrogens is 392 g/mol. The molecule has 0 unspecified atom stereocenters. The van der Waals surface area contributed by atoms with E-state index in [2.05, 4.69) is 15.9 Å². The number of anilines is 1. The van der Waals surface area contributed by atoms with Crippen LogP contribution >= 0.6 is 27.5 Å². The second-order valence-corrected chi connectivity index (χ2v) is 7.00. The Labute approximate surface area is 156 Å². The fraction of sp³-hybridized carbons (Fsp3) is 0.278. The summed E-state index contributed by atoms with van der Waals surface area (Å²) in [6.45, 7) is 0.484. The van der Waals surface area contributed by atoms with Crippen molar-refractivity contribution in [3.05, 3.63) is 57.5 Å². The third-order valence-electron chi connectivity index (χ3n) is 3.54. The summed E-state index contributed by atoms with van der Waals surface area (Å²) >= 11 is 9.41. The van der Waals surface area contributed by atoms with Gasteiger partial charge < -0.3 is 14.5 Å². The van der Waals surface area contributed by atoms with E-state index in [4.69, 9.17) is 16.3 Å². The first kappa shape index (κ1) is 18.6. The van der Waals surface area contributed by atoms with E-state index in [-0.39, 0.29) is 12.5 Å². The Hall–Kier alpha value is -1.72. The molecule has 24 heavy (non-hydrogen) atoms. The van der Waals surface area contributed by atoms with E-state index >= 15 is 0 Å². The van der Waals surface area contributed by atoms with Gasteiger partial charge in [-0.1, -0.05) is 39.7 Å². The minimum Gasteiger partial charge on any atom is -0.482 e. The molecule has 1 amide bonds. The summed E-state index contributed by atoms with van der Waals surface area (Å²) in [5.41, 5.74) is 2.19. The van der Waals surface area contributed by atoms with Crippen LogP contribution < -0.4 is 9.64 Å². The molecule has 2 aromatic carbocycles. The Morgan fingerprint density at radius 1 is 1.12 bits per heavy atom. The van der Waals surface area contributed by atoms with Crippen LogP contribution in [0.2, 0.25) is 5.02 Å². The van der Waals surface area contributed by atoms with E-state index in [9.17, 15) is 4.79 Å². The smallest absolute Gasteiger partial charge is 0.260 e. The second kappa shape index (κ2) is 8.40. The number of hydrogen-bond acceptors (Lipinski definition) is 3. The SMILES string of the molecule is CN(Cc1ccc(N(C)C)cc1)C(=O)COc1ccc(Br)cc1Cl. The first-order chi connectivity index (χ1) is 11.4. The second-order valence-electron chi connectivity index (χ2n) is 5.67. The zero-order chi connectivity index (χ0) is 17.7. The number of likely N-dealkylation sites (N-methyl/N-ethyl adjacent to an activating group) is 1. The maximum absolute atomic E-state index is 12.2. The van der Waals surface area contributed by atoms with E-state index in [0.29, 0.717) is 17.3 Å². The normalized spacial score (nSPS) is 10.4. The number of rotatable bonds is 6. The molecular formula is C18H20BrClN2O2. The van der Waals surface area contributed by atoms with Gasteiger partial charge in [0, 0.05) is 37.8 Å². The molecule has 0 N–H and O–H groups in total. The highest BCUT2D eigenvalue weighted by Gasteiger charge is 2.12. The van der Waals surface area contributed by atoms with Crippen molar-refractivity contribution >= 4 is 39.1 Å². The Morgan fingerprint density at radius 2 is 1.79 bits per heavy atom. The molecule has 6 heteroatoms. The lowest BCUT2D eigenvalue weighted by molar-refractivity contribution is -0.132. The Kier molecular flexibility index (Phi) is 6.52. The van der Waals surface area contributed by atoms with Gasteiger partial charge in [0.1, 0.15) is 5.75 Å². The predicted molar refractivity (Wildman–Crippen MR) is 102 cm³/mol. The third kappa shape index (κ3) is 5.14. The van der Waals surface area contributed by atoms with Crippen LogP contribution in [0, 0.1) is 0 Å². The van der Waals surface area contributed by atoms with E-state index in [1.165, 1.54) is 0 Å². The third-order valence-corrected chi connectivity index (χ3v) is 4.33.